The van der Waals surface area contributed by atoms with Gasteiger partial charge in [-0.3, -0.25) is 4.79 Å². The van der Waals surface area contributed by atoms with Gasteiger partial charge in [-0.25, -0.2) is 4.79 Å². The number of hydrogen-bond acceptors (Lipinski definition) is 3. The van der Waals surface area contributed by atoms with Crippen molar-refractivity contribution in [3.63, 3.8) is 0 Å². The number of unbranched alkanes of at least 4 members (excludes halogenated alkanes) is 1. The SMILES string of the molecule is CCC/C=C\COC(=O)C(C)=O. The van der Waals surface area contributed by atoms with Crippen LogP contribution in [0.5, 0.6) is 0 Å². The minimum atomic E-state index is -0.767. The van der Waals surface area contributed by atoms with Gasteiger partial charge in [0.25, 0.3) is 0 Å². The lowest BCUT2D eigenvalue weighted by molar-refractivity contribution is -0.151. The molecule has 0 aliphatic carbocycles. The number of carbonyl (C=O) groups is 2. The van der Waals surface area contributed by atoms with Crippen molar-refractivity contribution in [1.29, 1.82) is 0 Å². The predicted molar refractivity (Wildman–Crippen MR) is 45.7 cm³/mol. The third kappa shape index (κ3) is 5.65. The smallest absolute Gasteiger partial charge is 0.374 e. The summed E-state index contributed by atoms with van der Waals surface area (Å²) < 4.78 is 4.57. The van der Waals surface area contributed by atoms with Crippen molar-refractivity contribution in [2.75, 3.05) is 6.61 Å². The molecular formula is C9H14O3. The first-order valence-electron chi connectivity index (χ1n) is 4.01. The molecule has 0 aromatic rings. The van der Waals surface area contributed by atoms with Crippen LogP contribution in [0, 0.1) is 0 Å². The van der Waals surface area contributed by atoms with Crippen molar-refractivity contribution >= 4 is 11.8 Å². The molecule has 0 amide bonds. The van der Waals surface area contributed by atoms with Gasteiger partial charge >= 0.3 is 5.97 Å². The molecule has 0 aliphatic heterocycles. The number of carbonyl (C=O) groups excluding carboxylic acids is 2. The molecule has 0 aromatic carbocycles. The summed E-state index contributed by atoms with van der Waals surface area (Å²) in [7, 11) is 0. The van der Waals surface area contributed by atoms with E-state index in [2.05, 4.69) is 11.7 Å². The van der Waals surface area contributed by atoms with Crippen LogP contribution in [0.15, 0.2) is 12.2 Å². The maximum absolute atomic E-state index is 10.6. The quantitative estimate of drug-likeness (QED) is 0.356. The topological polar surface area (TPSA) is 43.4 Å². The van der Waals surface area contributed by atoms with Crippen molar-refractivity contribution in [3.05, 3.63) is 12.2 Å². The van der Waals surface area contributed by atoms with E-state index in [1.165, 1.54) is 6.92 Å². The maximum Gasteiger partial charge on any atom is 0.374 e. The summed E-state index contributed by atoms with van der Waals surface area (Å²) in [5.74, 6) is -1.32. The zero-order chi connectivity index (χ0) is 9.40. The van der Waals surface area contributed by atoms with Crippen molar-refractivity contribution in [2.24, 2.45) is 0 Å². The number of esters is 1. The zero-order valence-corrected chi connectivity index (χ0v) is 7.50. The first-order chi connectivity index (χ1) is 5.68. The third-order valence-electron chi connectivity index (χ3n) is 1.22. The molecule has 0 bridgehead atoms. The Morgan fingerprint density at radius 2 is 2.00 bits per heavy atom. The van der Waals surface area contributed by atoms with Crippen molar-refractivity contribution in [1.82, 2.24) is 0 Å². The van der Waals surface area contributed by atoms with Crippen molar-refractivity contribution in [2.45, 2.75) is 26.7 Å². The van der Waals surface area contributed by atoms with E-state index in [4.69, 9.17) is 0 Å². The lowest BCUT2D eigenvalue weighted by atomic mass is 10.3. The Bertz CT molecular complexity index is 182. The number of Topliss-reactive ketones (excluding diaryl/α,β-unsaturated/α-hetero) is 1. The molecule has 0 fully saturated rings. The molecule has 0 spiro atoms. The number of rotatable bonds is 5. The maximum atomic E-state index is 10.6. The Morgan fingerprint density at radius 1 is 1.33 bits per heavy atom. The summed E-state index contributed by atoms with van der Waals surface area (Å²) in [5, 5.41) is 0. The van der Waals surface area contributed by atoms with Gasteiger partial charge in [0.05, 0.1) is 0 Å². The number of hydrogen-bond donors (Lipinski definition) is 0. The monoisotopic (exact) mass is 170 g/mol. The van der Waals surface area contributed by atoms with Gasteiger partial charge in [0.2, 0.25) is 5.78 Å². The number of ether oxygens (including phenoxy) is 1. The third-order valence-corrected chi connectivity index (χ3v) is 1.22. The second-order valence-electron chi connectivity index (χ2n) is 2.41. The molecule has 0 radical (unpaired) electrons. The highest BCUT2D eigenvalue weighted by Gasteiger charge is 2.06. The van der Waals surface area contributed by atoms with E-state index in [0.29, 0.717) is 0 Å². The van der Waals surface area contributed by atoms with Gasteiger partial charge in [-0.2, -0.15) is 0 Å². The van der Waals surface area contributed by atoms with Crippen LogP contribution in [0.25, 0.3) is 0 Å². The molecule has 0 saturated heterocycles. The van der Waals surface area contributed by atoms with Crippen LogP contribution in [0.1, 0.15) is 26.7 Å². The van der Waals surface area contributed by atoms with Crippen LogP contribution in [0.3, 0.4) is 0 Å². The van der Waals surface area contributed by atoms with Gasteiger partial charge in [0, 0.05) is 6.92 Å². The molecule has 0 unspecified atom stereocenters. The van der Waals surface area contributed by atoms with Crippen LogP contribution >= 0.6 is 0 Å². The molecule has 0 aromatic heterocycles. The Kier molecular flexibility index (Phi) is 5.97. The van der Waals surface area contributed by atoms with E-state index < -0.39 is 11.8 Å². The molecule has 0 heterocycles. The molecule has 0 atom stereocenters. The number of ketones is 1. The lowest BCUT2D eigenvalue weighted by Crippen LogP contribution is -2.13. The molecule has 0 rings (SSSR count). The summed E-state index contributed by atoms with van der Waals surface area (Å²) in [6.07, 6.45) is 5.70. The lowest BCUT2D eigenvalue weighted by Gasteiger charge is -1.95. The summed E-state index contributed by atoms with van der Waals surface area (Å²) in [5.41, 5.74) is 0. The van der Waals surface area contributed by atoms with E-state index in [0.717, 1.165) is 12.8 Å². The molecule has 0 saturated carbocycles. The molecular weight excluding hydrogens is 156 g/mol. The van der Waals surface area contributed by atoms with E-state index in [1.54, 1.807) is 6.08 Å². The van der Waals surface area contributed by atoms with Crippen molar-refractivity contribution in [3.8, 4) is 0 Å². The highest BCUT2D eigenvalue weighted by Crippen LogP contribution is 1.89. The van der Waals surface area contributed by atoms with E-state index in [-0.39, 0.29) is 6.61 Å². The molecule has 0 aliphatic rings. The average Bonchev–Trinajstić information content (AvgIpc) is 2.03. The summed E-state index contributed by atoms with van der Waals surface area (Å²) in [4.78, 5) is 20.9. The second-order valence-corrected chi connectivity index (χ2v) is 2.41. The highest BCUT2D eigenvalue weighted by molar-refractivity contribution is 6.32. The Morgan fingerprint density at radius 3 is 2.50 bits per heavy atom. The molecule has 0 N–H and O–H groups in total. The van der Waals surface area contributed by atoms with E-state index in [1.807, 2.05) is 6.08 Å². The Labute approximate surface area is 72.4 Å². The molecule has 12 heavy (non-hydrogen) atoms. The van der Waals surface area contributed by atoms with Gasteiger partial charge in [-0.1, -0.05) is 25.5 Å². The normalized spacial score (nSPS) is 10.2. The second kappa shape index (κ2) is 6.58. The van der Waals surface area contributed by atoms with Crippen LogP contribution in [-0.2, 0) is 14.3 Å². The van der Waals surface area contributed by atoms with E-state index in [9.17, 15) is 9.59 Å². The van der Waals surface area contributed by atoms with Crippen molar-refractivity contribution < 1.29 is 14.3 Å². The fourth-order valence-corrected chi connectivity index (χ4v) is 0.578. The van der Waals surface area contributed by atoms with Crippen LogP contribution in [-0.4, -0.2) is 18.4 Å². The summed E-state index contributed by atoms with van der Waals surface area (Å²) in [6, 6.07) is 0. The average molecular weight is 170 g/mol. The van der Waals surface area contributed by atoms with Gasteiger partial charge in [-0.05, 0) is 6.42 Å². The fourth-order valence-electron chi connectivity index (χ4n) is 0.578. The molecule has 3 heteroatoms. The number of allylic oxidation sites excluding steroid dienone is 1. The predicted octanol–water partition coefficient (Wildman–Crippen LogP) is 1.47. The first-order valence-corrected chi connectivity index (χ1v) is 4.01. The Balaban J connectivity index is 3.43. The standard InChI is InChI=1S/C9H14O3/c1-3-4-5-6-7-12-9(11)8(2)10/h5-6H,3-4,7H2,1-2H3/b6-5-. The van der Waals surface area contributed by atoms with Crippen LogP contribution < -0.4 is 0 Å². The van der Waals surface area contributed by atoms with Gasteiger partial charge in [-0.15, -0.1) is 0 Å². The van der Waals surface area contributed by atoms with E-state index >= 15 is 0 Å². The van der Waals surface area contributed by atoms with Gasteiger partial charge < -0.3 is 4.74 Å². The molecule has 68 valence electrons. The Hall–Kier alpha value is -1.12. The largest absolute Gasteiger partial charge is 0.456 e. The summed E-state index contributed by atoms with van der Waals surface area (Å²) >= 11 is 0. The highest BCUT2D eigenvalue weighted by atomic mass is 16.5. The van der Waals surface area contributed by atoms with Gasteiger partial charge in [0.1, 0.15) is 6.61 Å². The van der Waals surface area contributed by atoms with Gasteiger partial charge in [0.15, 0.2) is 0 Å². The van der Waals surface area contributed by atoms with Crippen LogP contribution in [0.2, 0.25) is 0 Å². The fraction of sp³-hybridized carbons (Fsp3) is 0.556. The minimum absolute atomic E-state index is 0.193. The van der Waals surface area contributed by atoms with Crippen LogP contribution in [0.4, 0.5) is 0 Å². The summed E-state index contributed by atoms with van der Waals surface area (Å²) in [6.45, 7) is 3.45. The first kappa shape index (κ1) is 10.9. The molecule has 3 nitrogen and oxygen atoms in total. The zero-order valence-electron chi connectivity index (χ0n) is 7.50. The minimum Gasteiger partial charge on any atom is -0.456 e.